The van der Waals surface area contributed by atoms with Crippen molar-refractivity contribution >= 4 is 11.8 Å². The second kappa shape index (κ2) is 6.11. The number of rotatable bonds is 6. The van der Waals surface area contributed by atoms with Gasteiger partial charge in [-0.05, 0) is 24.3 Å². The van der Waals surface area contributed by atoms with Crippen molar-refractivity contribution in [3.63, 3.8) is 0 Å². The summed E-state index contributed by atoms with van der Waals surface area (Å²) in [6, 6.07) is 3.74. The number of hydrogen-bond acceptors (Lipinski definition) is 3. The molecule has 0 bridgehead atoms. The summed E-state index contributed by atoms with van der Waals surface area (Å²) in [7, 11) is 0. The molecule has 74 valence electrons. The molecule has 0 fully saturated rings. The third-order valence-corrected chi connectivity index (χ3v) is 2.99. The van der Waals surface area contributed by atoms with Crippen LogP contribution < -0.4 is 0 Å². The number of furan rings is 1. The van der Waals surface area contributed by atoms with Crippen molar-refractivity contribution in [2.24, 2.45) is 0 Å². The molecule has 0 saturated carbocycles. The lowest BCUT2D eigenvalue weighted by atomic mass is 10.2. The van der Waals surface area contributed by atoms with Crippen molar-refractivity contribution in [3.8, 4) is 0 Å². The smallest absolute Gasteiger partial charge is 0.106 e. The lowest BCUT2D eigenvalue weighted by molar-refractivity contribution is 0.192. The van der Waals surface area contributed by atoms with Crippen LogP contribution in [0.4, 0.5) is 0 Å². The highest BCUT2D eigenvalue weighted by Gasteiger charge is 2.06. The number of hydrogen-bond donors (Lipinski definition) is 1. The minimum atomic E-state index is -0.275. The van der Waals surface area contributed by atoms with E-state index in [1.807, 2.05) is 12.1 Å². The van der Waals surface area contributed by atoms with Gasteiger partial charge in [0.25, 0.3) is 0 Å². The average molecular weight is 200 g/mol. The van der Waals surface area contributed by atoms with Gasteiger partial charge in [-0.2, -0.15) is 11.8 Å². The molecule has 1 aromatic rings. The van der Waals surface area contributed by atoms with Crippen molar-refractivity contribution in [2.75, 3.05) is 11.5 Å². The molecule has 1 rings (SSSR count). The van der Waals surface area contributed by atoms with Crippen LogP contribution in [0.15, 0.2) is 22.8 Å². The summed E-state index contributed by atoms with van der Waals surface area (Å²) < 4.78 is 5.14. The summed E-state index contributed by atoms with van der Waals surface area (Å²) in [6.45, 7) is 2.14. The van der Waals surface area contributed by atoms with Crippen molar-refractivity contribution < 1.29 is 9.52 Å². The molecule has 0 spiro atoms. The maximum Gasteiger partial charge on any atom is 0.106 e. The summed E-state index contributed by atoms with van der Waals surface area (Å²) in [6.07, 6.45) is 3.16. The molecule has 13 heavy (non-hydrogen) atoms. The fourth-order valence-corrected chi connectivity index (χ4v) is 1.93. The predicted molar refractivity (Wildman–Crippen MR) is 56.0 cm³/mol. The van der Waals surface area contributed by atoms with Crippen LogP contribution in [0.2, 0.25) is 0 Å². The fraction of sp³-hybridized carbons (Fsp3) is 0.600. The van der Waals surface area contributed by atoms with Gasteiger partial charge in [-0.25, -0.2) is 0 Å². The van der Waals surface area contributed by atoms with Crippen LogP contribution in [0, 0.1) is 0 Å². The monoisotopic (exact) mass is 200 g/mol. The quantitative estimate of drug-likeness (QED) is 0.715. The van der Waals surface area contributed by atoms with Gasteiger partial charge in [0.2, 0.25) is 0 Å². The molecule has 0 saturated heterocycles. The van der Waals surface area contributed by atoms with Crippen LogP contribution in [0.5, 0.6) is 0 Å². The van der Waals surface area contributed by atoms with Gasteiger partial charge in [0.1, 0.15) is 5.76 Å². The van der Waals surface area contributed by atoms with E-state index < -0.39 is 0 Å². The molecule has 0 amide bonds. The predicted octanol–water partition coefficient (Wildman–Crippen LogP) is 2.33. The van der Waals surface area contributed by atoms with Gasteiger partial charge in [0.15, 0.2) is 0 Å². The summed E-state index contributed by atoms with van der Waals surface area (Å²) in [5.74, 6) is 2.79. The average Bonchev–Trinajstić information content (AvgIpc) is 2.57. The van der Waals surface area contributed by atoms with E-state index >= 15 is 0 Å². The van der Waals surface area contributed by atoms with E-state index in [1.165, 1.54) is 0 Å². The molecule has 1 aromatic heterocycles. The maximum absolute atomic E-state index is 9.57. The number of thioether (sulfide) groups is 1. The van der Waals surface area contributed by atoms with Crippen molar-refractivity contribution in [1.29, 1.82) is 0 Å². The Morgan fingerprint density at radius 2 is 2.46 bits per heavy atom. The molecule has 1 unspecified atom stereocenters. The second-order valence-corrected chi connectivity index (χ2v) is 4.16. The SMILES string of the molecule is CCCSCC(O)Cc1ccco1. The standard InChI is InChI=1S/C10H16O2S/c1-2-6-13-8-9(11)7-10-4-3-5-12-10/h3-5,9,11H,2,6-8H2,1H3. The van der Waals surface area contributed by atoms with E-state index in [0.717, 1.165) is 23.7 Å². The molecule has 1 atom stereocenters. The minimum Gasteiger partial charge on any atom is -0.469 e. The molecule has 3 heteroatoms. The van der Waals surface area contributed by atoms with Gasteiger partial charge in [0.05, 0.1) is 12.4 Å². The fourth-order valence-electron chi connectivity index (χ4n) is 1.08. The highest BCUT2D eigenvalue weighted by atomic mass is 32.2. The summed E-state index contributed by atoms with van der Waals surface area (Å²) in [5.41, 5.74) is 0. The Morgan fingerprint density at radius 3 is 3.08 bits per heavy atom. The third-order valence-electron chi connectivity index (χ3n) is 1.68. The highest BCUT2D eigenvalue weighted by molar-refractivity contribution is 7.99. The van der Waals surface area contributed by atoms with Crippen LogP contribution in [0.25, 0.3) is 0 Å². The van der Waals surface area contributed by atoms with Gasteiger partial charge >= 0.3 is 0 Å². The normalized spacial score (nSPS) is 13.1. The summed E-state index contributed by atoms with van der Waals surface area (Å²) >= 11 is 1.79. The number of aliphatic hydroxyl groups excluding tert-OH is 1. The molecule has 2 nitrogen and oxygen atoms in total. The maximum atomic E-state index is 9.57. The Balaban J connectivity index is 2.14. The van der Waals surface area contributed by atoms with E-state index in [4.69, 9.17) is 4.42 Å². The third kappa shape index (κ3) is 4.39. The van der Waals surface area contributed by atoms with E-state index in [1.54, 1.807) is 18.0 Å². The first-order chi connectivity index (χ1) is 6.33. The van der Waals surface area contributed by atoms with Gasteiger partial charge in [-0.15, -0.1) is 0 Å². The second-order valence-electron chi connectivity index (χ2n) is 3.01. The molecular formula is C10H16O2S. The van der Waals surface area contributed by atoms with Crippen molar-refractivity contribution in [2.45, 2.75) is 25.9 Å². The Kier molecular flexibility index (Phi) is 5.01. The van der Waals surface area contributed by atoms with Crippen molar-refractivity contribution in [1.82, 2.24) is 0 Å². The minimum absolute atomic E-state index is 0.275. The van der Waals surface area contributed by atoms with Crippen LogP contribution in [0.3, 0.4) is 0 Å². The first-order valence-corrected chi connectivity index (χ1v) is 5.76. The summed E-state index contributed by atoms with van der Waals surface area (Å²) in [4.78, 5) is 0. The van der Waals surface area contributed by atoms with Crippen molar-refractivity contribution in [3.05, 3.63) is 24.2 Å². The summed E-state index contributed by atoms with van der Waals surface area (Å²) in [5, 5.41) is 9.57. The van der Waals surface area contributed by atoms with Crippen LogP contribution in [-0.2, 0) is 6.42 Å². The zero-order chi connectivity index (χ0) is 9.52. The van der Waals surface area contributed by atoms with Crippen LogP contribution in [0.1, 0.15) is 19.1 Å². The Hall–Kier alpha value is -0.410. The van der Waals surface area contributed by atoms with Gasteiger partial charge < -0.3 is 9.52 Å². The van der Waals surface area contributed by atoms with Gasteiger partial charge in [-0.1, -0.05) is 6.92 Å². The molecule has 0 aliphatic carbocycles. The molecular weight excluding hydrogens is 184 g/mol. The highest BCUT2D eigenvalue weighted by Crippen LogP contribution is 2.09. The van der Waals surface area contributed by atoms with Gasteiger partial charge in [-0.3, -0.25) is 0 Å². The lowest BCUT2D eigenvalue weighted by Gasteiger charge is -2.07. The number of aliphatic hydroxyl groups is 1. The molecule has 0 radical (unpaired) electrons. The van der Waals surface area contributed by atoms with E-state index in [-0.39, 0.29) is 6.10 Å². The zero-order valence-electron chi connectivity index (χ0n) is 7.90. The van der Waals surface area contributed by atoms with Crippen LogP contribution >= 0.6 is 11.8 Å². The topological polar surface area (TPSA) is 33.4 Å². The molecule has 0 aliphatic rings. The molecule has 1 heterocycles. The van der Waals surface area contributed by atoms with E-state index in [0.29, 0.717) is 6.42 Å². The first kappa shape index (κ1) is 10.7. The van der Waals surface area contributed by atoms with E-state index in [9.17, 15) is 5.11 Å². The van der Waals surface area contributed by atoms with Gasteiger partial charge in [0, 0.05) is 12.2 Å². The Labute approximate surface area is 83.3 Å². The molecule has 0 aliphatic heterocycles. The molecule has 1 N–H and O–H groups in total. The molecule has 0 aromatic carbocycles. The van der Waals surface area contributed by atoms with Crippen LogP contribution in [-0.4, -0.2) is 22.7 Å². The lowest BCUT2D eigenvalue weighted by Crippen LogP contribution is -2.13. The van der Waals surface area contributed by atoms with E-state index in [2.05, 4.69) is 6.92 Å². The zero-order valence-corrected chi connectivity index (χ0v) is 8.72. The largest absolute Gasteiger partial charge is 0.469 e. The Bertz CT molecular complexity index is 209. The first-order valence-electron chi connectivity index (χ1n) is 4.61. The Morgan fingerprint density at radius 1 is 1.62 bits per heavy atom.